The molecule has 0 amide bonds. The van der Waals surface area contributed by atoms with E-state index in [0.29, 0.717) is 6.04 Å². The van der Waals surface area contributed by atoms with Crippen LogP contribution in [-0.2, 0) is 6.54 Å². The highest BCUT2D eigenvalue weighted by atomic mass is 15.4. The molecule has 0 radical (unpaired) electrons. The summed E-state index contributed by atoms with van der Waals surface area (Å²) in [5, 5.41) is 12.1. The highest BCUT2D eigenvalue weighted by Gasteiger charge is 2.23. The summed E-state index contributed by atoms with van der Waals surface area (Å²) >= 11 is 0. The molecule has 128 valence electrons. The maximum absolute atomic E-state index is 4.38. The van der Waals surface area contributed by atoms with Gasteiger partial charge in [0.2, 0.25) is 5.95 Å². The fourth-order valence-corrected chi connectivity index (χ4v) is 3.45. The highest BCUT2D eigenvalue weighted by Crippen LogP contribution is 2.23. The number of piperazine rings is 1. The molecule has 2 aromatic heterocycles. The van der Waals surface area contributed by atoms with E-state index in [2.05, 4.69) is 46.3 Å². The van der Waals surface area contributed by atoms with Crippen molar-refractivity contribution >= 4 is 5.95 Å². The van der Waals surface area contributed by atoms with Gasteiger partial charge in [0, 0.05) is 58.2 Å². The maximum atomic E-state index is 4.38. The van der Waals surface area contributed by atoms with Crippen LogP contribution in [0.4, 0.5) is 5.95 Å². The SMILES string of the molecule is c1cnc(N2CCC(n3cc(CN4CCNCC4)nn3)CC2)nc1. The van der Waals surface area contributed by atoms with Gasteiger partial charge in [-0.1, -0.05) is 5.21 Å². The van der Waals surface area contributed by atoms with E-state index in [1.807, 2.05) is 6.07 Å². The predicted molar refractivity (Wildman–Crippen MR) is 90.7 cm³/mol. The number of hydrogen-bond donors (Lipinski definition) is 1. The summed E-state index contributed by atoms with van der Waals surface area (Å²) in [6, 6.07) is 2.28. The summed E-state index contributed by atoms with van der Waals surface area (Å²) in [7, 11) is 0. The van der Waals surface area contributed by atoms with Crippen molar-refractivity contribution < 1.29 is 0 Å². The molecule has 24 heavy (non-hydrogen) atoms. The van der Waals surface area contributed by atoms with Crippen LogP contribution in [0.3, 0.4) is 0 Å². The smallest absolute Gasteiger partial charge is 0.225 e. The summed E-state index contributed by atoms with van der Waals surface area (Å²) in [4.78, 5) is 13.4. The number of anilines is 1. The lowest BCUT2D eigenvalue weighted by molar-refractivity contribution is 0.230. The minimum atomic E-state index is 0.425. The fourth-order valence-electron chi connectivity index (χ4n) is 3.45. The van der Waals surface area contributed by atoms with Gasteiger partial charge in [-0.25, -0.2) is 14.6 Å². The Labute approximate surface area is 141 Å². The Morgan fingerprint density at radius 1 is 1.04 bits per heavy atom. The van der Waals surface area contributed by atoms with Gasteiger partial charge in [-0.3, -0.25) is 4.90 Å². The van der Waals surface area contributed by atoms with Gasteiger partial charge in [-0.05, 0) is 18.9 Å². The van der Waals surface area contributed by atoms with Gasteiger partial charge >= 0.3 is 0 Å². The van der Waals surface area contributed by atoms with Crippen LogP contribution >= 0.6 is 0 Å². The molecule has 0 aromatic carbocycles. The van der Waals surface area contributed by atoms with Crippen LogP contribution in [0.15, 0.2) is 24.7 Å². The molecule has 0 unspecified atom stereocenters. The third kappa shape index (κ3) is 3.54. The van der Waals surface area contributed by atoms with E-state index < -0.39 is 0 Å². The van der Waals surface area contributed by atoms with Crippen LogP contribution in [0.25, 0.3) is 0 Å². The maximum Gasteiger partial charge on any atom is 0.225 e. The number of rotatable bonds is 4. The van der Waals surface area contributed by atoms with Crippen LogP contribution in [-0.4, -0.2) is 69.1 Å². The fraction of sp³-hybridized carbons (Fsp3) is 0.625. The second-order valence-corrected chi connectivity index (χ2v) is 6.48. The lowest BCUT2D eigenvalue weighted by Crippen LogP contribution is -2.42. The zero-order valence-corrected chi connectivity index (χ0v) is 13.9. The summed E-state index contributed by atoms with van der Waals surface area (Å²) in [6.07, 6.45) is 7.83. The van der Waals surface area contributed by atoms with Gasteiger partial charge in [0.15, 0.2) is 0 Å². The van der Waals surface area contributed by atoms with Crippen molar-refractivity contribution in [2.24, 2.45) is 0 Å². The van der Waals surface area contributed by atoms with Gasteiger partial charge in [-0.2, -0.15) is 0 Å². The van der Waals surface area contributed by atoms with Crippen molar-refractivity contribution in [3.05, 3.63) is 30.4 Å². The molecule has 2 fully saturated rings. The zero-order valence-electron chi connectivity index (χ0n) is 13.9. The quantitative estimate of drug-likeness (QED) is 0.866. The largest absolute Gasteiger partial charge is 0.341 e. The second-order valence-electron chi connectivity index (χ2n) is 6.48. The first-order valence-corrected chi connectivity index (χ1v) is 8.74. The van der Waals surface area contributed by atoms with E-state index in [1.54, 1.807) is 12.4 Å². The van der Waals surface area contributed by atoms with Gasteiger partial charge in [-0.15, -0.1) is 5.10 Å². The van der Waals surface area contributed by atoms with Gasteiger partial charge < -0.3 is 10.2 Å². The van der Waals surface area contributed by atoms with Crippen LogP contribution in [0, 0.1) is 0 Å². The molecule has 2 aromatic rings. The van der Waals surface area contributed by atoms with Crippen molar-refractivity contribution in [1.82, 2.24) is 35.2 Å². The topological polar surface area (TPSA) is 75.0 Å². The predicted octanol–water partition coefficient (Wildman–Crippen LogP) is 0.315. The average molecular weight is 328 g/mol. The third-order valence-electron chi connectivity index (χ3n) is 4.83. The van der Waals surface area contributed by atoms with Crippen molar-refractivity contribution in [2.75, 3.05) is 44.2 Å². The Bertz CT molecular complexity index is 629. The Morgan fingerprint density at radius 3 is 2.54 bits per heavy atom. The summed E-state index contributed by atoms with van der Waals surface area (Å²) in [5.41, 5.74) is 1.07. The lowest BCUT2D eigenvalue weighted by atomic mass is 10.1. The van der Waals surface area contributed by atoms with E-state index in [0.717, 1.165) is 70.3 Å². The van der Waals surface area contributed by atoms with E-state index in [9.17, 15) is 0 Å². The molecule has 4 rings (SSSR count). The molecule has 0 spiro atoms. The van der Waals surface area contributed by atoms with Crippen molar-refractivity contribution in [2.45, 2.75) is 25.4 Å². The first-order chi connectivity index (χ1) is 11.9. The van der Waals surface area contributed by atoms with Gasteiger partial charge in [0.1, 0.15) is 0 Å². The monoisotopic (exact) mass is 328 g/mol. The van der Waals surface area contributed by atoms with E-state index in [-0.39, 0.29) is 0 Å². The molecule has 2 aliphatic heterocycles. The summed E-state index contributed by atoms with van der Waals surface area (Å²) in [6.45, 7) is 7.12. The molecule has 4 heterocycles. The minimum absolute atomic E-state index is 0.425. The van der Waals surface area contributed by atoms with Crippen LogP contribution in [0.5, 0.6) is 0 Å². The third-order valence-corrected chi connectivity index (χ3v) is 4.83. The first kappa shape index (κ1) is 15.5. The number of aromatic nitrogens is 5. The molecule has 8 nitrogen and oxygen atoms in total. The Morgan fingerprint density at radius 2 is 1.79 bits per heavy atom. The Hall–Kier alpha value is -2.06. The number of piperidine rings is 1. The van der Waals surface area contributed by atoms with Crippen molar-refractivity contribution in [1.29, 1.82) is 0 Å². The highest BCUT2D eigenvalue weighted by molar-refractivity contribution is 5.28. The van der Waals surface area contributed by atoms with Crippen LogP contribution in [0.1, 0.15) is 24.6 Å². The lowest BCUT2D eigenvalue weighted by Gasteiger charge is -2.31. The molecule has 8 heteroatoms. The molecule has 0 saturated carbocycles. The normalized spacial score (nSPS) is 20.4. The molecule has 0 bridgehead atoms. The molecule has 1 N–H and O–H groups in total. The minimum Gasteiger partial charge on any atom is -0.341 e. The van der Waals surface area contributed by atoms with E-state index >= 15 is 0 Å². The Balaban J connectivity index is 1.32. The molecule has 2 aliphatic rings. The van der Waals surface area contributed by atoms with Crippen LogP contribution in [0.2, 0.25) is 0 Å². The number of nitrogens with zero attached hydrogens (tertiary/aromatic N) is 7. The van der Waals surface area contributed by atoms with Crippen LogP contribution < -0.4 is 10.2 Å². The summed E-state index contributed by atoms with van der Waals surface area (Å²) in [5.74, 6) is 0.828. The zero-order chi connectivity index (χ0) is 16.2. The van der Waals surface area contributed by atoms with Gasteiger partial charge in [0.05, 0.1) is 17.9 Å². The van der Waals surface area contributed by atoms with Gasteiger partial charge in [0.25, 0.3) is 0 Å². The Kier molecular flexibility index (Phi) is 4.66. The van der Waals surface area contributed by atoms with Crippen molar-refractivity contribution in [3.8, 4) is 0 Å². The van der Waals surface area contributed by atoms with E-state index in [4.69, 9.17) is 0 Å². The number of nitrogens with one attached hydrogen (secondary N) is 1. The molecule has 0 atom stereocenters. The number of hydrogen-bond acceptors (Lipinski definition) is 7. The van der Waals surface area contributed by atoms with E-state index in [1.165, 1.54) is 0 Å². The average Bonchev–Trinajstić information content (AvgIpc) is 3.12. The first-order valence-electron chi connectivity index (χ1n) is 8.74. The van der Waals surface area contributed by atoms with Crippen molar-refractivity contribution in [3.63, 3.8) is 0 Å². The molecule has 0 aliphatic carbocycles. The second kappa shape index (κ2) is 7.23. The molecule has 2 saturated heterocycles. The molecular formula is C16H24N8. The standard InChI is InChI=1S/C16H24N8/c1-4-18-16(19-5-1)23-8-2-15(3-9-23)24-13-14(20-21-24)12-22-10-6-17-7-11-22/h1,4-5,13,15,17H,2-3,6-12H2. The summed E-state index contributed by atoms with van der Waals surface area (Å²) < 4.78 is 2.06. The molecular weight excluding hydrogens is 304 g/mol.